The summed E-state index contributed by atoms with van der Waals surface area (Å²) in [6.07, 6.45) is 1.34. The highest BCUT2D eigenvalue weighted by Crippen LogP contribution is 2.17. The molecule has 25 heavy (non-hydrogen) atoms. The van der Waals surface area contributed by atoms with Crippen LogP contribution in [0.25, 0.3) is 11.0 Å². The van der Waals surface area contributed by atoms with Gasteiger partial charge >= 0.3 is 0 Å². The molecular weight excluding hydrogens is 336 g/mol. The molecule has 130 valence electrons. The van der Waals surface area contributed by atoms with Gasteiger partial charge in [0.25, 0.3) is 5.91 Å². The zero-order valence-corrected chi connectivity index (χ0v) is 14.9. The van der Waals surface area contributed by atoms with E-state index in [1.165, 1.54) is 11.3 Å². The summed E-state index contributed by atoms with van der Waals surface area (Å²) in [5, 5.41) is 7.47. The second-order valence-electron chi connectivity index (χ2n) is 5.84. The number of H-pyrrole nitrogens is 1. The van der Waals surface area contributed by atoms with E-state index in [2.05, 4.69) is 20.6 Å². The highest BCUT2D eigenvalue weighted by atomic mass is 32.1. The van der Waals surface area contributed by atoms with Crippen LogP contribution in [0.2, 0.25) is 0 Å². The van der Waals surface area contributed by atoms with Crippen LogP contribution in [0.1, 0.15) is 35.0 Å². The first-order valence-electron chi connectivity index (χ1n) is 8.19. The van der Waals surface area contributed by atoms with E-state index in [-0.39, 0.29) is 11.8 Å². The molecule has 2 aromatic heterocycles. The molecule has 1 atom stereocenters. The molecule has 0 saturated heterocycles. The molecule has 0 fully saturated rings. The second-order valence-corrected chi connectivity index (χ2v) is 6.76. The van der Waals surface area contributed by atoms with Crippen molar-refractivity contribution in [3.63, 3.8) is 0 Å². The standard InChI is InChI=1S/C18H20N4O2S/c1-3-6-14(19-17(24)15-11(2)9-10-25-15)16(23)22-18-20-12-7-4-5-8-13(12)21-18/h4-5,7-10,14H,3,6H2,1-2H3,(H,19,24)(H2,20,21,22,23)/t14-/m1/s1. The first kappa shape index (κ1) is 17.2. The molecule has 0 radical (unpaired) electrons. The molecule has 3 rings (SSSR count). The number of rotatable bonds is 6. The molecule has 2 heterocycles. The topological polar surface area (TPSA) is 86.9 Å². The number of carbonyl (C=O) groups excluding carboxylic acids is 2. The fraction of sp³-hybridized carbons (Fsp3) is 0.278. The number of aromatic nitrogens is 2. The lowest BCUT2D eigenvalue weighted by Crippen LogP contribution is -2.43. The molecule has 0 saturated carbocycles. The summed E-state index contributed by atoms with van der Waals surface area (Å²) >= 11 is 1.37. The average Bonchev–Trinajstić information content (AvgIpc) is 3.19. The molecule has 0 unspecified atom stereocenters. The van der Waals surface area contributed by atoms with Crippen molar-refractivity contribution in [2.24, 2.45) is 0 Å². The van der Waals surface area contributed by atoms with Crippen LogP contribution in [-0.2, 0) is 4.79 Å². The van der Waals surface area contributed by atoms with Gasteiger partial charge in [-0.05, 0) is 42.5 Å². The number of carbonyl (C=O) groups is 2. The van der Waals surface area contributed by atoms with Crippen LogP contribution >= 0.6 is 11.3 Å². The van der Waals surface area contributed by atoms with Gasteiger partial charge < -0.3 is 10.3 Å². The number of benzene rings is 1. The lowest BCUT2D eigenvalue weighted by atomic mass is 10.1. The van der Waals surface area contributed by atoms with Crippen LogP contribution in [0.4, 0.5) is 5.95 Å². The van der Waals surface area contributed by atoms with Crippen molar-refractivity contribution >= 4 is 40.1 Å². The number of fused-ring (bicyclic) bond motifs is 1. The Hall–Kier alpha value is -2.67. The van der Waals surface area contributed by atoms with Crippen molar-refractivity contribution in [2.45, 2.75) is 32.7 Å². The Kier molecular flexibility index (Phi) is 5.14. The number of hydrogen-bond donors (Lipinski definition) is 3. The monoisotopic (exact) mass is 356 g/mol. The van der Waals surface area contributed by atoms with Gasteiger partial charge in [-0.25, -0.2) is 4.98 Å². The SMILES string of the molecule is CCC[C@@H](NC(=O)c1sccc1C)C(=O)Nc1nc2ccccc2[nH]1. The Morgan fingerprint density at radius 2 is 2.08 bits per heavy atom. The zero-order valence-electron chi connectivity index (χ0n) is 14.1. The fourth-order valence-corrected chi connectivity index (χ4v) is 3.43. The Labute approximate surface area is 149 Å². The number of nitrogens with one attached hydrogen (secondary N) is 3. The van der Waals surface area contributed by atoms with Gasteiger partial charge in [0.1, 0.15) is 6.04 Å². The third-order valence-electron chi connectivity index (χ3n) is 3.90. The Balaban J connectivity index is 1.72. The lowest BCUT2D eigenvalue weighted by molar-refractivity contribution is -0.118. The minimum atomic E-state index is -0.604. The largest absolute Gasteiger partial charge is 0.340 e. The molecule has 6 nitrogen and oxygen atoms in total. The van der Waals surface area contributed by atoms with E-state index < -0.39 is 6.04 Å². The zero-order chi connectivity index (χ0) is 17.8. The molecule has 0 aliphatic carbocycles. The molecule has 2 amide bonds. The molecule has 3 aromatic rings. The number of aromatic amines is 1. The number of amides is 2. The lowest BCUT2D eigenvalue weighted by Gasteiger charge is -2.16. The number of aryl methyl sites for hydroxylation is 1. The summed E-state index contributed by atoms with van der Waals surface area (Å²) in [6.45, 7) is 3.86. The molecule has 1 aromatic carbocycles. The molecular formula is C18H20N4O2S. The molecule has 0 bridgehead atoms. The summed E-state index contributed by atoms with van der Waals surface area (Å²) < 4.78 is 0. The summed E-state index contributed by atoms with van der Waals surface area (Å²) in [4.78, 5) is 33.0. The van der Waals surface area contributed by atoms with E-state index >= 15 is 0 Å². The third kappa shape index (κ3) is 3.88. The van der Waals surface area contributed by atoms with Crippen LogP contribution in [0.15, 0.2) is 35.7 Å². The van der Waals surface area contributed by atoms with E-state index in [1.54, 1.807) is 0 Å². The highest BCUT2D eigenvalue weighted by Gasteiger charge is 2.22. The average molecular weight is 356 g/mol. The quantitative estimate of drug-likeness (QED) is 0.632. The van der Waals surface area contributed by atoms with Crippen molar-refractivity contribution in [1.29, 1.82) is 0 Å². The van der Waals surface area contributed by atoms with Crippen molar-refractivity contribution in [2.75, 3.05) is 5.32 Å². The van der Waals surface area contributed by atoms with Crippen molar-refractivity contribution < 1.29 is 9.59 Å². The normalized spacial score (nSPS) is 12.1. The minimum absolute atomic E-state index is 0.217. The summed E-state index contributed by atoms with van der Waals surface area (Å²) in [5.74, 6) is -0.108. The van der Waals surface area contributed by atoms with Gasteiger partial charge in [-0.1, -0.05) is 25.5 Å². The van der Waals surface area contributed by atoms with Crippen LogP contribution in [0.5, 0.6) is 0 Å². The van der Waals surface area contributed by atoms with Crippen LogP contribution < -0.4 is 10.6 Å². The number of para-hydroxylation sites is 2. The predicted octanol–water partition coefficient (Wildman–Crippen LogP) is 3.47. The van der Waals surface area contributed by atoms with Crippen LogP contribution in [0, 0.1) is 6.92 Å². The fourth-order valence-electron chi connectivity index (χ4n) is 2.60. The number of thiophene rings is 1. The van der Waals surface area contributed by atoms with Gasteiger partial charge in [-0.3, -0.25) is 14.9 Å². The van der Waals surface area contributed by atoms with Crippen LogP contribution in [0.3, 0.4) is 0 Å². The maximum Gasteiger partial charge on any atom is 0.262 e. The van der Waals surface area contributed by atoms with Gasteiger partial charge in [-0.2, -0.15) is 0 Å². The number of nitrogens with zero attached hydrogens (tertiary/aromatic N) is 1. The van der Waals surface area contributed by atoms with Gasteiger partial charge in [0.15, 0.2) is 0 Å². The Bertz CT molecular complexity index is 866. The van der Waals surface area contributed by atoms with E-state index in [0.29, 0.717) is 17.2 Å². The third-order valence-corrected chi connectivity index (χ3v) is 4.91. The number of imidazole rings is 1. The Morgan fingerprint density at radius 1 is 1.28 bits per heavy atom. The van der Waals surface area contributed by atoms with E-state index in [4.69, 9.17) is 0 Å². The smallest absolute Gasteiger partial charge is 0.262 e. The molecule has 0 spiro atoms. The molecule has 3 N–H and O–H groups in total. The molecule has 0 aliphatic rings. The maximum atomic E-state index is 12.6. The minimum Gasteiger partial charge on any atom is -0.340 e. The predicted molar refractivity (Wildman–Crippen MR) is 99.9 cm³/mol. The van der Waals surface area contributed by atoms with Gasteiger partial charge in [0.2, 0.25) is 11.9 Å². The summed E-state index contributed by atoms with van der Waals surface area (Å²) in [7, 11) is 0. The van der Waals surface area contributed by atoms with Gasteiger partial charge in [-0.15, -0.1) is 11.3 Å². The first-order chi connectivity index (χ1) is 12.1. The first-order valence-corrected chi connectivity index (χ1v) is 9.07. The van der Waals surface area contributed by atoms with Crippen molar-refractivity contribution in [3.05, 3.63) is 46.2 Å². The Morgan fingerprint density at radius 3 is 2.76 bits per heavy atom. The van der Waals surface area contributed by atoms with E-state index in [0.717, 1.165) is 23.0 Å². The van der Waals surface area contributed by atoms with Gasteiger partial charge in [0, 0.05) is 0 Å². The molecule has 7 heteroatoms. The number of anilines is 1. The van der Waals surface area contributed by atoms with E-state index in [9.17, 15) is 9.59 Å². The van der Waals surface area contributed by atoms with Crippen molar-refractivity contribution in [1.82, 2.24) is 15.3 Å². The van der Waals surface area contributed by atoms with E-state index in [1.807, 2.05) is 49.6 Å². The van der Waals surface area contributed by atoms with Crippen molar-refractivity contribution in [3.8, 4) is 0 Å². The summed E-state index contributed by atoms with van der Waals surface area (Å²) in [5.41, 5.74) is 2.54. The molecule has 0 aliphatic heterocycles. The summed E-state index contributed by atoms with van der Waals surface area (Å²) in [6, 6.07) is 8.83. The van der Waals surface area contributed by atoms with Crippen LogP contribution in [-0.4, -0.2) is 27.8 Å². The number of hydrogen-bond acceptors (Lipinski definition) is 4. The second kappa shape index (κ2) is 7.48. The van der Waals surface area contributed by atoms with Gasteiger partial charge in [0.05, 0.1) is 15.9 Å². The highest BCUT2D eigenvalue weighted by molar-refractivity contribution is 7.12. The maximum absolute atomic E-state index is 12.6.